The molecule has 1 atom stereocenters. The van der Waals surface area contributed by atoms with E-state index in [9.17, 15) is 4.79 Å². The van der Waals surface area contributed by atoms with Crippen LogP contribution in [0.4, 0.5) is 10.5 Å². The second-order valence-corrected chi connectivity index (χ2v) is 8.55. The van der Waals surface area contributed by atoms with Crippen LogP contribution in [0, 0.1) is 5.92 Å². The van der Waals surface area contributed by atoms with E-state index < -0.39 is 6.09 Å². The number of hydrogen-bond acceptors (Lipinski definition) is 4. The molecule has 1 aromatic rings. The van der Waals surface area contributed by atoms with Crippen molar-refractivity contribution in [1.82, 2.24) is 4.90 Å². The minimum absolute atomic E-state index is 0.0139. The fourth-order valence-corrected chi connectivity index (χ4v) is 4.84. The third-order valence-corrected chi connectivity index (χ3v) is 6.77. The molecular weight excluding hydrogens is 385 g/mol. The highest BCUT2D eigenvalue weighted by atomic mass is 35.5. The molecule has 1 amide bonds. The van der Waals surface area contributed by atoms with Crippen LogP contribution in [0.1, 0.15) is 39.0 Å². The van der Waals surface area contributed by atoms with Gasteiger partial charge in [0.25, 0.3) is 0 Å². The number of carbonyl (C=O) groups is 1. The number of nitrogens with zero attached hydrogens (tertiary/aromatic N) is 2. The number of piperazine rings is 1. The zero-order valence-corrected chi connectivity index (χ0v) is 17.4. The Morgan fingerprint density at radius 1 is 1.19 bits per heavy atom. The molecule has 1 unspecified atom stereocenters. The first-order chi connectivity index (χ1) is 12.9. The predicted molar refractivity (Wildman–Crippen MR) is 111 cm³/mol. The molecule has 1 aliphatic carbocycles. The third-order valence-electron chi connectivity index (χ3n) is 5.96. The first kappa shape index (κ1) is 20.6. The van der Waals surface area contributed by atoms with E-state index in [4.69, 9.17) is 33.7 Å². The van der Waals surface area contributed by atoms with E-state index in [0.29, 0.717) is 22.0 Å². The van der Waals surface area contributed by atoms with Gasteiger partial charge in [0.2, 0.25) is 0 Å². The molecule has 7 heteroatoms. The average molecular weight is 414 g/mol. The first-order valence-electron chi connectivity index (χ1n) is 9.83. The van der Waals surface area contributed by atoms with Gasteiger partial charge in [-0.2, -0.15) is 0 Å². The number of nitrogens with two attached hydrogens (primary N) is 1. The van der Waals surface area contributed by atoms with Crippen molar-refractivity contribution < 1.29 is 9.53 Å². The molecule has 2 N–H and O–H groups in total. The van der Waals surface area contributed by atoms with Crippen LogP contribution in [0.25, 0.3) is 0 Å². The van der Waals surface area contributed by atoms with E-state index >= 15 is 0 Å². The maximum Gasteiger partial charge on any atom is 0.404 e. The van der Waals surface area contributed by atoms with Gasteiger partial charge in [-0.3, -0.25) is 4.90 Å². The van der Waals surface area contributed by atoms with Gasteiger partial charge in [0.05, 0.1) is 15.7 Å². The van der Waals surface area contributed by atoms with Crippen molar-refractivity contribution in [2.45, 2.75) is 51.2 Å². The van der Waals surface area contributed by atoms with E-state index in [-0.39, 0.29) is 6.10 Å². The van der Waals surface area contributed by atoms with Gasteiger partial charge in [-0.1, -0.05) is 29.3 Å². The topological polar surface area (TPSA) is 58.8 Å². The van der Waals surface area contributed by atoms with Gasteiger partial charge in [-0.15, -0.1) is 0 Å². The average Bonchev–Trinajstić information content (AvgIpc) is 2.65. The summed E-state index contributed by atoms with van der Waals surface area (Å²) in [6.07, 6.45) is 4.65. The predicted octanol–water partition coefficient (Wildman–Crippen LogP) is 4.55. The summed E-state index contributed by atoms with van der Waals surface area (Å²) >= 11 is 12.5. The zero-order valence-electron chi connectivity index (χ0n) is 15.9. The fraction of sp³-hybridized carbons (Fsp3) is 0.650. The molecule has 1 saturated carbocycles. The van der Waals surface area contributed by atoms with Crippen LogP contribution in [0.5, 0.6) is 0 Å². The molecule has 3 rings (SSSR count). The summed E-state index contributed by atoms with van der Waals surface area (Å²) < 4.78 is 5.14. The number of ether oxygens (including phenoxy) is 1. The van der Waals surface area contributed by atoms with Crippen molar-refractivity contribution >= 4 is 35.0 Å². The number of benzene rings is 1. The van der Waals surface area contributed by atoms with Crippen molar-refractivity contribution in [2.75, 3.05) is 31.1 Å². The molecule has 0 aromatic heterocycles. The highest BCUT2D eigenvalue weighted by Gasteiger charge is 2.28. The fourth-order valence-electron chi connectivity index (χ4n) is 4.42. The van der Waals surface area contributed by atoms with Crippen LogP contribution in [-0.2, 0) is 4.74 Å². The van der Waals surface area contributed by atoms with E-state index in [2.05, 4.69) is 16.7 Å². The lowest BCUT2D eigenvalue weighted by atomic mass is 9.83. The normalized spacial score (nSPS) is 25.2. The SMILES string of the molecule is CC(CC1CCC(OC(N)=O)CC1)N1CCN(c2cccc(Cl)c2Cl)CC1. The van der Waals surface area contributed by atoms with Crippen LogP contribution in [0.15, 0.2) is 18.2 Å². The molecule has 2 aliphatic rings. The van der Waals surface area contributed by atoms with Crippen LogP contribution in [0.2, 0.25) is 10.0 Å². The minimum atomic E-state index is -0.649. The van der Waals surface area contributed by atoms with Crippen LogP contribution in [0.3, 0.4) is 0 Å². The number of carbonyl (C=O) groups excluding carboxylic acids is 1. The molecule has 0 spiro atoms. The Bertz CT molecular complexity index is 642. The van der Waals surface area contributed by atoms with E-state index in [1.54, 1.807) is 0 Å². The lowest BCUT2D eigenvalue weighted by Crippen LogP contribution is -2.50. The van der Waals surface area contributed by atoms with Crippen LogP contribution >= 0.6 is 23.2 Å². The number of primary amides is 1. The lowest BCUT2D eigenvalue weighted by Gasteiger charge is -2.41. The van der Waals surface area contributed by atoms with E-state index in [0.717, 1.165) is 57.5 Å². The second-order valence-electron chi connectivity index (χ2n) is 7.76. The molecule has 150 valence electrons. The van der Waals surface area contributed by atoms with Crippen LogP contribution in [-0.4, -0.2) is 49.3 Å². The van der Waals surface area contributed by atoms with Gasteiger partial charge in [0.1, 0.15) is 6.10 Å². The molecule has 1 aromatic carbocycles. The molecule has 2 fully saturated rings. The Morgan fingerprint density at radius 2 is 1.85 bits per heavy atom. The molecule has 0 bridgehead atoms. The van der Waals surface area contributed by atoms with Gasteiger partial charge in [-0.25, -0.2) is 4.79 Å². The number of amides is 1. The zero-order chi connectivity index (χ0) is 19.4. The number of hydrogen-bond donors (Lipinski definition) is 1. The third kappa shape index (κ3) is 5.43. The summed E-state index contributed by atoms with van der Waals surface area (Å²) in [5.41, 5.74) is 6.15. The minimum Gasteiger partial charge on any atom is -0.446 e. The second kappa shape index (κ2) is 9.35. The highest BCUT2D eigenvalue weighted by molar-refractivity contribution is 6.43. The standard InChI is InChI=1S/C20H29Cl2N3O2/c1-14(13-15-5-7-16(8-6-15)27-20(23)26)24-9-11-25(12-10-24)18-4-2-3-17(21)19(18)22/h2-4,14-16H,5-13H2,1H3,(H2,23,26). The van der Waals surface area contributed by atoms with E-state index in [1.807, 2.05) is 18.2 Å². The summed E-state index contributed by atoms with van der Waals surface area (Å²) in [6.45, 7) is 6.31. The highest BCUT2D eigenvalue weighted by Crippen LogP contribution is 2.34. The van der Waals surface area contributed by atoms with Crippen molar-refractivity contribution in [1.29, 1.82) is 0 Å². The molecular formula is C20H29Cl2N3O2. The van der Waals surface area contributed by atoms with Gasteiger partial charge in [0.15, 0.2) is 0 Å². The Balaban J connectivity index is 1.44. The van der Waals surface area contributed by atoms with Gasteiger partial charge >= 0.3 is 6.09 Å². The maximum absolute atomic E-state index is 10.9. The molecule has 0 radical (unpaired) electrons. The Kier molecular flexibility index (Phi) is 7.12. The monoisotopic (exact) mass is 413 g/mol. The Hall–Kier alpha value is -1.17. The van der Waals surface area contributed by atoms with Crippen molar-refractivity contribution in [3.8, 4) is 0 Å². The lowest BCUT2D eigenvalue weighted by molar-refractivity contribution is 0.0635. The summed E-state index contributed by atoms with van der Waals surface area (Å²) in [5, 5.41) is 1.26. The van der Waals surface area contributed by atoms with Gasteiger partial charge in [-0.05, 0) is 57.1 Å². The van der Waals surface area contributed by atoms with Gasteiger partial charge in [0, 0.05) is 32.2 Å². The molecule has 1 heterocycles. The van der Waals surface area contributed by atoms with Crippen molar-refractivity contribution in [2.24, 2.45) is 11.7 Å². The van der Waals surface area contributed by atoms with Crippen molar-refractivity contribution in [3.05, 3.63) is 28.2 Å². The smallest absolute Gasteiger partial charge is 0.404 e. The number of rotatable bonds is 5. The summed E-state index contributed by atoms with van der Waals surface area (Å²) in [4.78, 5) is 15.8. The maximum atomic E-state index is 10.9. The molecule has 5 nitrogen and oxygen atoms in total. The molecule has 1 saturated heterocycles. The molecule has 27 heavy (non-hydrogen) atoms. The summed E-state index contributed by atoms with van der Waals surface area (Å²) in [5.74, 6) is 0.702. The largest absolute Gasteiger partial charge is 0.446 e. The molecule has 1 aliphatic heterocycles. The van der Waals surface area contributed by atoms with Gasteiger partial charge < -0.3 is 15.4 Å². The Morgan fingerprint density at radius 3 is 2.48 bits per heavy atom. The Labute approximate surface area is 171 Å². The quantitative estimate of drug-likeness (QED) is 0.768. The van der Waals surface area contributed by atoms with Crippen molar-refractivity contribution in [3.63, 3.8) is 0 Å². The van der Waals surface area contributed by atoms with Crippen LogP contribution < -0.4 is 10.6 Å². The summed E-state index contributed by atoms with van der Waals surface area (Å²) in [6, 6.07) is 6.38. The first-order valence-corrected chi connectivity index (χ1v) is 10.6. The van der Waals surface area contributed by atoms with E-state index in [1.165, 1.54) is 6.42 Å². The summed E-state index contributed by atoms with van der Waals surface area (Å²) in [7, 11) is 0. The number of anilines is 1. The number of halogens is 2.